The first-order chi connectivity index (χ1) is 11.5. The molecule has 0 saturated heterocycles. The van der Waals surface area contributed by atoms with Crippen LogP contribution in [0.5, 0.6) is 0 Å². The van der Waals surface area contributed by atoms with Crippen molar-refractivity contribution in [2.24, 2.45) is 15.9 Å². The molecule has 0 radical (unpaired) electrons. The second-order valence-electron chi connectivity index (χ2n) is 6.69. The Hall–Kier alpha value is -1.81. The van der Waals surface area contributed by atoms with Gasteiger partial charge in [-0.05, 0) is 50.0 Å². The number of fused-ring (bicyclic) bond motifs is 3. The van der Waals surface area contributed by atoms with Gasteiger partial charge in [0.15, 0.2) is 11.7 Å². The predicted molar refractivity (Wildman–Crippen MR) is 105 cm³/mol. The quantitative estimate of drug-likeness (QED) is 0.824. The minimum atomic E-state index is 0.165. The fraction of sp³-hybridized carbons (Fsp3) is 0.474. The molecule has 1 aromatic carbocycles. The minimum absolute atomic E-state index is 0.165. The molecular weight excluding hydrogens is 320 g/mol. The van der Waals surface area contributed by atoms with Gasteiger partial charge < -0.3 is 5.32 Å². The molecule has 0 fully saturated rings. The van der Waals surface area contributed by atoms with E-state index in [0.717, 1.165) is 41.0 Å². The van der Waals surface area contributed by atoms with E-state index in [1.807, 2.05) is 18.2 Å². The number of nitrogens with zero attached hydrogens (tertiary/aromatic N) is 3. The van der Waals surface area contributed by atoms with Gasteiger partial charge in [0.25, 0.3) is 0 Å². The van der Waals surface area contributed by atoms with Crippen LogP contribution in [0.4, 0.5) is 11.4 Å². The largest absolute Gasteiger partial charge is 0.336 e. The van der Waals surface area contributed by atoms with E-state index in [0.29, 0.717) is 5.92 Å². The van der Waals surface area contributed by atoms with Crippen LogP contribution in [0.2, 0.25) is 5.02 Å². The average molecular weight is 345 g/mol. The standard InChI is InChI=1S/C19H25ClN4/c1-5-12(2)8-9-21-18-19-22-14(4)13(3)11-24(19)17-10-15(20)6-7-16(17)23-18/h6-7,10-12,14H,5,8-9H2,1-4H3,(H,21,23). The molecule has 2 aliphatic rings. The van der Waals surface area contributed by atoms with E-state index >= 15 is 0 Å². The van der Waals surface area contributed by atoms with Gasteiger partial charge in [-0.1, -0.05) is 31.9 Å². The number of benzene rings is 1. The Bertz CT molecular complexity index is 720. The molecule has 1 N–H and O–H groups in total. The average Bonchev–Trinajstić information content (AvgIpc) is 2.56. The fourth-order valence-electron chi connectivity index (χ4n) is 2.78. The molecule has 5 heteroatoms. The molecule has 4 nitrogen and oxygen atoms in total. The van der Waals surface area contributed by atoms with Gasteiger partial charge in [-0.25, -0.2) is 0 Å². The summed E-state index contributed by atoms with van der Waals surface area (Å²) in [6, 6.07) is 6.03. The number of amidine groups is 2. The summed E-state index contributed by atoms with van der Waals surface area (Å²) in [7, 11) is 0. The van der Waals surface area contributed by atoms with Gasteiger partial charge in [0.05, 0.1) is 17.4 Å². The zero-order valence-corrected chi connectivity index (χ0v) is 15.6. The number of nitrogens with one attached hydrogen (secondary N) is 1. The highest BCUT2D eigenvalue weighted by Crippen LogP contribution is 2.35. The first-order valence-corrected chi connectivity index (χ1v) is 9.04. The van der Waals surface area contributed by atoms with E-state index < -0.39 is 0 Å². The molecule has 24 heavy (non-hydrogen) atoms. The fourth-order valence-corrected chi connectivity index (χ4v) is 2.95. The molecule has 2 atom stereocenters. The predicted octanol–water partition coefficient (Wildman–Crippen LogP) is 5.11. The molecule has 0 bridgehead atoms. The lowest BCUT2D eigenvalue weighted by molar-refractivity contribution is 0.525. The molecule has 0 saturated carbocycles. The monoisotopic (exact) mass is 344 g/mol. The van der Waals surface area contributed by atoms with Gasteiger partial charge in [-0.2, -0.15) is 0 Å². The van der Waals surface area contributed by atoms with Gasteiger partial charge in [0.2, 0.25) is 0 Å². The summed E-state index contributed by atoms with van der Waals surface area (Å²) in [6.07, 6.45) is 4.42. The van der Waals surface area contributed by atoms with Crippen LogP contribution in [0.15, 0.2) is 40.0 Å². The number of anilines is 2. The van der Waals surface area contributed by atoms with Crippen molar-refractivity contribution >= 4 is 34.6 Å². The van der Waals surface area contributed by atoms with Crippen molar-refractivity contribution in [1.29, 1.82) is 0 Å². The molecule has 0 spiro atoms. The van der Waals surface area contributed by atoms with E-state index in [2.05, 4.69) is 44.1 Å². The van der Waals surface area contributed by atoms with E-state index in [1.54, 1.807) is 0 Å². The highest BCUT2D eigenvalue weighted by atomic mass is 35.5. The smallest absolute Gasteiger partial charge is 0.176 e. The molecule has 128 valence electrons. The maximum absolute atomic E-state index is 6.20. The third-order valence-corrected chi connectivity index (χ3v) is 5.04. The van der Waals surface area contributed by atoms with Crippen LogP contribution in [-0.4, -0.2) is 24.3 Å². The first-order valence-electron chi connectivity index (χ1n) is 8.66. The molecular formula is C19H25ClN4. The van der Waals surface area contributed by atoms with Crippen LogP contribution in [0.25, 0.3) is 0 Å². The normalized spacial score (nSPS) is 22.3. The number of hydrogen-bond donors (Lipinski definition) is 1. The maximum atomic E-state index is 6.20. The Morgan fingerprint density at radius 3 is 2.96 bits per heavy atom. The topological polar surface area (TPSA) is 40.0 Å². The summed E-state index contributed by atoms with van der Waals surface area (Å²) >= 11 is 6.20. The van der Waals surface area contributed by atoms with Crippen molar-refractivity contribution < 1.29 is 0 Å². The van der Waals surface area contributed by atoms with Crippen LogP contribution >= 0.6 is 11.6 Å². The molecule has 0 amide bonds. The van der Waals surface area contributed by atoms with E-state index in [4.69, 9.17) is 21.6 Å². The molecule has 2 aliphatic heterocycles. The zero-order chi connectivity index (χ0) is 17.3. The molecule has 1 aromatic rings. The SMILES string of the molecule is CCC(C)CCN=C1Nc2ccc(Cl)cc2N2C=C(C)C(C)N=C12. The van der Waals surface area contributed by atoms with Crippen molar-refractivity contribution in [2.75, 3.05) is 16.8 Å². The molecule has 3 rings (SSSR count). The van der Waals surface area contributed by atoms with Crippen molar-refractivity contribution in [2.45, 2.75) is 46.6 Å². The Kier molecular flexibility index (Phi) is 4.95. The molecule has 0 aliphatic carbocycles. The highest BCUT2D eigenvalue weighted by Gasteiger charge is 2.30. The minimum Gasteiger partial charge on any atom is -0.336 e. The lowest BCUT2D eigenvalue weighted by Crippen LogP contribution is -2.44. The Morgan fingerprint density at radius 1 is 1.42 bits per heavy atom. The summed E-state index contributed by atoms with van der Waals surface area (Å²) in [5, 5.41) is 4.16. The molecule has 0 aromatic heterocycles. The Labute approximate surface area is 149 Å². The second-order valence-corrected chi connectivity index (χ2v) is 7.13. The number of halogens is 1. The van der Waals surface area contributed by atoms with Crippen molar-refractivity contribution in [1.82, 2.24) is 0 Å². The first kappa shape index (κ1) is 17.0. The highest BCUT2D eigenvalue weighted by molar-refractivity contribution is 6.52. The van der Waals surface area contributed by atoms with Crippen molar-refractivity contribution in [3.05, 3.63) is 35.0 Å². The number of rotatable bonds is 4. The van der Waals surface area contributed by atoms with Crippen LogP contribution in [0.3, 0.4) is 0 Å². The second kappa shape index (κ2) is 6.98. The van der Waals surface area contributed by atoms with Gasteiger partial charge in [-0.3, -0.25) is 14.9 Å². The summed E-state index contributed by atoms with van der Waals surface area (Å²) in [5.74, 6) is 2.42. The van der Waals surface area contributed by atoms with Gasteiger partial charge in [0.1, 0.15) is 0 Å². The zero-order valence-electron chi connectivity index (χ0n) is 14.8. The van der Waals surface area contributed by atoms with Crippen LogP contribution in [0, 0.1) is 5.92 Å². The van der Waals surface area contributed by atoms with Crippen molar-refractivity contribution in [3.8, 4) is 0 Å². The van der Waals surface area contributed by atoms with E-state index in [9.17, 15) is 0 Å². The molecule has 2 unspecified atom stereocenters. The van der Waals surface area contributed by atoms with Crippen molar-refractivity contribution in [3.63, 3.8) is 0 Å². The summed E-state index contributed by atoms with van der Waals surface area (Å²) in [5.41, 5.74) is 3.26. The lowest BCUT2D eigenvalue weighted by Gasteiger charge is -2.35. The summed E-state index contributed by atoms with van der Waals surface area (Å²) < 4.78 is 0. The Balaban J connectivity index is 1.96. The third-order valence-electron chi connectivity index (χ3n) is 4.81. The van der Waals surface area contributed by atoms with Gasteiger partial charge in [-0.15, -0.1) is 0 Å². The van der Waals surface area contributed by atoms with Crippen LogP contribution < -0.4 is 10.2 Å². The molecule has 2 heterocycles. The van der Waals surface area contributed by atoms with Gasteiger partial charge in [0, 0.05) is 17.8 Å². The Morgan fingerprint density at radius 2 is 2.21 bits per heavy atom. The van der Waals surface area contributed by atoms with Crippen LogP contribution in [-0.2, 0) is 0 Å². The van der Waals surface area contributed by atoms with E-state index in [-0.39, 0.29) is 6.04 Å². The van der Waals surface area contributed by atoms with E-state index in [1.165, 1.54) is 12.0 Å². The maximum Gasteiger partial charge on any atom is 0.176 e. The summed E-state index contributed by atoms with van der Waals surface area (Å²) in [4.78, 5) is 11.8. The summed E-state index contributed by atoms with van der Waals surface area (Å²) in [6.45, 7) is 9.52. The number of hydrogen-bond acceptors (Lipinski definition) is 3. The van der Waals surface area contributed by atoms with Gasteiger partial charge >= 0.3 is 0 Å². The van der Waals surface area contributed by atoms with Crippen LogP contribution in [0.1, 0.15) is 40.5 Å². The number of aliphatic imine (C=N–C) groups is 2. The lowest BCUT2D eigenvalue weighted by atomic mass is 10.1. The third kappa shape index (κ3) is 3.34.